The fraction of sp³-hybridized carbons (Fsp3) is 0.133. The van der Waals surface area contributed by atoms with Gasteiger partial charge in [0.15, 0.2) is 5.82 Å². The number of methoxy groups -OCH3 is 2. The summed E-state index contributed by atoms with van der Waals surface area (Å²) in [5.74, 6) is 2.02. The summed E-state index contributed by atoms with van der Waals surface area (Å²) in [5.41, 5.74) is 8.67. The molecule has 0 fully saturated rings. The van der Waals surface area contributed by atoms with E-state index in [4.69, 9.17) is 15.2 Å². The molecule has 3 rings (SSSR count). The van der Waals surface area contributed by atoms with Gasteiger partial charge in [0.25, 0.3) is 0 Å². The van der Waals surface area contributed by atoms with Gasteiger partial charge in [0.1, 0.15) is 11.5 Å². The van der Waals surface area contributed by atoms with Crippen LogP contribution in [0.5, 0.6) is 11.5 Å². The van der Waals surface area contributed by atoms with E-state index in [1.807, 2.05) is 35.7 Å². The number of hydrogen-bond donors (Lipinski definition) is 2. The molecule has 0 saturated carbocycles. The maximum absolute atomic E-state index is 6.05. The van der Waals surface area contributed by atoms with Gasteiger partial charge in [0.05, 0.1) is 30.4 Å². The van der Waals surface area contributed by atoms with Crippen LogP contribution in [0.25, 0.3) is 21.7 Å². The number of anilines is 1. The third kappa shape index (κ3) is 2.34. The Bertz CT molecular complexity index is 764. The molecule has 0 spiro atoms. The number of nitrogens with zero attached hydrogens (tertiary/aromatic N) is 1. The molecule has 0 aliphatic heterocycles. The fourth-order valence-electron chi connectivity index (χ4n) is 2.22. The molecule has 0 aliphatic rings. The fourth-order valence-corrected chi connectivity index (χ4v) is 3.07. The van der Waals surface area contributed by atoms with E-state index >= 15 is 0 Å². The molecule has 21 heavy (non-hydrogen) atoms. The number of aromatic nitrogens is 2. The average molecular weight is 301 g/mol. The molecule has 108 valence electrons. The van der Waals surface area contributed by atoms with E-state index in [1.165, 1.54) is 0 Å². The summed E-state index contributed by atoms with van der Waals surface area (Å²) in [6, 6.07) is 9.70. The molecule has 0 atom stereocenters. The number of H-pyrrole nitrogens is 1. The molecule has 0 saturated heterocycles. The first kappa shape index (κ1) is 13.5. The quantitative estimate of drug-likeness (QED) is 0.774. The van der Waals surface area contributed by atoms with E-state index < -0.39 is 0 Å². The van der Waals surface area contributed by atoms with Crippen molar-refractivity contribution in [1.29, 1.82) is 0 Å². The highest BCUT2D eigenvalue weighted by Crippen LogP contribution is 2.42. The van der Waals surface area contributed by atoms with Crippen LogP contribution < -0.4 is 15.2 Å². The SMILES string of the molecule is COc1csc(-c2[nH]nc(N)c2-c2ccccc2OC)c1. The van der Waals surface area contributed by atoms with Crippen LogP contribution in [-0.2, 0) is 0 Å². The van der Waals surface area contributed by atoms with Crippen LogP contribution in [-0.4, -0.2) is 24.4 Å². The van der Waals surface area contributed by atoms with Crippen molar-refractivity contribution in [2.45, 2.75) is 0 Å². The van der Waals surface area contributed by atoms with Crippen LogP contribution in [0.4, 0.5) is 5.82 Å². The van der Waals surface area contributed by atoms with E-state index in [0.717, 1.165) is 33.2 Å². The third-order valence-corrected chi connectivity index (χ3v) is 4.15. The third-order valence-electron chi connectivity index (χ3n) is 3.23. The van der Waals surface area contributed by atoms with Crippen molar-refractivity contribution in [3.05, 3.63) is 35.7 Å². The van der Waals surface area contributed by atoms with Crippen molar-refractivity contribution in [1.82, 2.24) is 10.2 Å². The molecular weight excluding hydrogens is 286 g/mol. The number of nitrogens with two attached hydrogens (primary N) is 1. The summed E-state index contributed by atoms with van der Waals surface area (Å²) in [5, 5.41) is 9.09. The van der Waals surface area contributed by atoms with Crippen LogP contribution in [0.2, 0.25) is 0 Å². The molecule has 1 aromatic carbocycles. The largest absolute Gasteiger partial charge is 0.496 e. The van der Waals surface area contributed by atoms with E-state index in [0.29, 0.717) is 5.82 Å². The van der Waals surface area contributed by atoms with E-state index in [9.17, 15) is 0 Å². The maximum Gasteiger partial charge on any atom is 0.153 e. The van der Waals surface area contributed by atoms with Crippen LogP contribution in [0.1, 0.15) is 0 Å². The number of rotatable bonds is 4. The molecule has 3 aromatic rings. The topological polar surface area (TPSA) is 73.2 Å². The van der Waals surface area contributed by atoms with E-state index in [1.54, 1.807) is 25.6 Å². The zero-order valence-electron chi connectivity index (χ0n) is 11.7. The lowest BCUT2D eigenvalue weighted by Gasteiger charge is -2.08. The second-order valence-corrected chi connectivity index (χ2v) is 5.32. The van der Waals surface area contributed by atoms with Gasteiger partial charge in [0.2, 0.25) is 0 Å². The summed E-state index contributed by atoms with van der Waals surface area (Å²) in [6.07, 6.45) is 0. The van der Waals surface area contributed by atoms with Gasteiger partial charge < -0.3 is 15.2 Å². The van der Waals surface area contributed by atoms with Crippen molar-refractivity contribution in [2.75, 3.05) is 20.0 Å². The molecule has 2 aromatic heterocycles. The Hall–Kier alpha value is -2.47. The minimum Gasteiger partial charge on any atom is -0.496 e. The highest BCUT2D eigenvalue weighted by molar-refractivity contribution is 7.13. The Kier molecular flexibility index (Phi) is 3.53. The Morgan fingerprint density at radius 2 is 2.00 bits per heavy atom. The van der Waals surface area contributed by atoms with Gasteiger partial charge in [-0.25, -0.2) is 0 Å². The van der Waals surface area contributed by atoms with Crippen LogP contribution in [0.3, 0.4) is 0 Å². The lowest BCUT2D eigenvalue weighted by molar-refractivity contribution is 0.416. The molecule has 0 radical (unpaired) electrons. The zero-order chi connectivity index (χ0) is 14.8. The second kappa shape index (κ2) is 5.49. The highest BCUT2D eigenvalue weighted by Gasteiger charge is 2.19. The molecular formula is C15H15N3O2S. The smallest absolute Gasteiger partial charge is 0.153 e. The van der Waals surface area contributed by atoms with E-state index in [-0.39, 0.29) is 0 Å². The monoisotopic (exact) mass is 301 g/mol. The average Bonchev–Trinajstić information content (AvgIpc) is 3.13. The van der Waals surface area contributed by atoms with Gasteiger partial charge in [-0.1, -0.05) is 18.2 Å². The Labute approximate surface area is 126 Å². The molecule has 5 nitrogen and oxygen atoms in total. The summed E-state index contributed by atoms with van der Waals surface area (Å²) < 4.78 is 10.7. The predicted molar refractivity (Wildman–Crippen MR) is 84.9 cm³/mol. The highest BCUT2D eigenvalue weighted by atomic mass is 32.1. The number of ether oxygens (including phenoxy) is 2. The number of nitrogen functional groups attached to an aromatic ring is 1. The first-order valence-corrected chi connectivity index (χ1v) is 7.22. The first-order chi connectivity index (χ1) is 10.2. The van der Waals surface area contributed by atoms with Gasteiger partial charge in [0, 0.05) is 17.0 Å². The maximum atomic E-state index is 6.05. The van der Waals surface area contributed by atoms with Gasteiger partial charge in [-0.15, -0.1) is 11.3 Å². The number of aromatic amines is 1. The van der Waals surface area contributed by atoms with Gasteiger partial charge in [-0.05, 0) is 6.07 Å². The number of para-hydroxylation sites is 1. The minimum absolute atomic E-state index is 0.446. The molecule has 3 N–H and O–H groups in total. The minimum atomic E-state index is 0.446. The molecule has 6 heteroatoms. The molecule has 0 bridgehead atoms. The van der Waals surface area contributed by atoms with Crippen molar-refractivity contribution >= 4 is 17.2 Å². The number of benzene rings is 1. The normalized spacial score (nSPS) is 10.6. The lowest BCUT2D eigenvalue weighted by atomic mass is 10.0. The van der Waals surface area contributed by atoms with Gasteiger partial charge in [-0.3, -0.25) is 5.10 Å². The van der Waals surface area contributed by atoms with Gasteiger partial charge >= 0.3 is 0 Å². The Balaban J connectivity index is 2.17. The number of thiophene rings is 1. The Morgan fingerprint density at radius 3 is 2.71 bits per heavy atom. The molecule has 0 amide bonds. The summed E-state index contributed by atoms with van der Waals surface area (Å²) in [4.78, 5) is 1.01. The summed E-state index contributed by atoms with van der Waals surface area (Å²) >= 11 is 1.57. The van der Waals surface area contributed by atoms with Crippen LogP contribution in [0.15, 0.2) is 35.7 Å². The van der Waals surface area contributed by atoms with Crippen molar-refractivity contribution in [3.8, 4) is 33.2 Å². The summed E-state index contributed by atoms with van der Waals surface area (Å²) in [6.45, 7) is 0. The van der Waals surface area contributed by atoms with E-state index in [2.05, 4.69) is 10.2 Å². The van der Waals surface area contributed by atoms with Crippen LogP contribution in [0, 0.1) is 0 Å². The molecule has 0 aliphatic carbocycles. The van der Waals surface area contributed by atoms with Gasteiger partial charge in [-0.2, -0.15) is 5.10 Å². The lowest BCUT2D eigenvalue weighted by Crippen LogP contribution is -1.92. The molecule has 2 heterocycles. The standard InChI is InChI=1S/C15H15N3O2S/c1-19-9-7-12(21-8-9)14-13(15(16)18-17-14)10-5-3-4-6-11(10)20-2/h3-8H,1-2H3,(H3,16,17,18). The Morgan fingerprint density at radius 1 is 1.19 bits per heavy atom. The number of nitrogens with one attached hydrogen (secondary N) is 1. The zero-order valence-corrected chi connectivity index (χ0v) is 12.5. The molecule has 0 unspecified atom stereocenters. The second-order valence-electron chi connectivity index (χ2n) is 4.41. The first-order valence-electron chi connectivity index (χ1n) is 6.34. The van der Waals surface area contributed by atoms with Crippen molar-refractivity contribution < 1.29 is 9.47 Å². The van der Waals surface area contributed by atoms with Crippen LogP contribution >= 0.6 is 11.3 Å². The predicted octanol–water partition coefficient (Wildman–Crippen LogP) is 3.40. The van der Waals surface area contributed by atoms with Crippen molar-refractivity contribution in [2.24, 2.45) is 0 Å². The van der Waals surface area contributed by atoms with Crippen molar-refractivity contribution in [3.63, 3.8) is 0 Å². The number of hydrogen-bond acceptors (Lipinski definition) is 5. The summed E-state index contributed by atoms with van der Waals surface area (Å²) in [7, 11) is 3.29.